The van der Waals surface area contributed by atoms with Gasteiger partial charge in [0.05, 0.1) is 6.20 Å². The van der Waals surface area contributed by atoms with Crippen LogP contribution >= 0.6 is 0 Å². The summed E-state index contributed by atoms with van der Waals surface area (Å²) in [6, 6.07) is 0. The lowest BCUT2D eigenvalue weighted by atomic mass is 10.0. The number of nitrogens with zero attached hydrogens (tertiary/aromatic N) is 3. The van der Waals surface area contributed by atoms with Crippen LogP contribution in [-0.4, -0.2) is 28.1 Å². The summed E-state index contributed by atoms with van der Waals surface area (Å²) in [6.45, 7) is 3.27. The molecule has 1 aliphatic rings. The van der Waals surface area contributed by atoms with E-state index in [1.54, 1.807) is 6.20 Å². The molecule has 1 heterocycles. The highest BCUT2D eigenvalue weighted by Crippen LogP contribution is 2.21. The Morgan fingerprint density at radius 1 is 1.18 bits per heavy atom. The van der Waals surface area contributed by atoms with E-state index in [4.69, 9.17) is 0 Å². The molecule has 1 aliphatic carbocycles. The Hall–Kier alpha value is -0.900. The highest BCUT2D eigenvalue weighted by atomic mass is 15.4. The molecule has 0 saturated heterocycles. The number of hydrogen-bond acceptors (Lipinski definition) is 3. The van der Waals surface area contributed by atoms with Crippen LogP contribution in [0.25, 0.3) is 0 Å². The fourth-order valence-corrected chi connectivity index (χ4v) is 2.59. The summed E-state index contributed by atoms with van der Waals surface area (Å²) in [7, 11) is 0. The molecule has 2 rings (SSSR count). The number of rotatable bonds is 6. The summed E-state index contributed by atoms with van der Waals surface area (Å²) in [5.41, 5.74) is 0. The predicted molar refractivity (Wildman–Crippen MR) is 68.7 cm³/mol. The highest BCUT2D eigenvalue weighted by Gasteiger charge is 2.11. The average Bonchev–Trinajstić information content (AvgIpc) is 2.72. The maximum Gasteiger partial charge on any atom is 0.0692 e. The molecule has 4 nitrogen and oxygen atoms in total. The van der Waals surface area contributed by atoms with Gasteiger partial charge in [0.1, 0.15) is 0 Å². The van der Waals surface area contributed by atoms with E-state index in [1.165, 1.54) is 45.1 Å². The zero-order valence-electron chi connectivity index (χ0n) is 10.6. The van der Waals surface area contributed by atoms with Crippen LogP contribution in [0, 0.1) is 5.92 Å². The first kappa shape index (κ1) is 12.6. The van der Waals surface area contributed by atoms with E-state index in [-0.39, 0.29) is 0 Å². The van der Waals surface area contributed by atoms with Crippen LogP contribution in [-0.2, 0) is 6.54 Å². The van der Waals surface area contributed by atoms with Crippen LogP contribution in [0.2, 0.25) is 0 Å². The number of aromatic nitrogens is 3. The van der Waals surface area contributed by atoms with Gasteiger partial charge in [0.15, 0.2) is 0 Å². The number of aryl methyl sites for hydroxylation is 1. The maximum atomic E-state index is 3.96. The van der Waals surface area contributed by atoms with Crippen molar-refractivity contribution < 1.29 is 0 Å². The van der Waals surface area contributed by atoms with Crippen LogP contribution in [0.3, 0.4) is 0 Å². The fraction of sp³-hybridized carbons (Fsp3) is 0.846. The van der Waals surface area contributed by atoms with E-state index in [1.807, 2.05) is 10.9 Å². The minimum absolute atomic E-state index is 0.920. The molecule has 0 amide bonds. The molecule has 1 N–H and O–H groups in total. The molecule has 0 aliphatic heterocycles. The molecular weight excluding hydrogens is 212 g/mol. The van der Waals surface area contributed by atoms with Gasteiger partial charge in [0.2, 0.25) is 0 Å². The molecule has 17 heavy (non-hydrogen) atoms. The average molecular weight is 236 g/mol. The Morgan fingerprint density at radius 2 is 2.00 bits per heavy atom. The van der Waals surface area contributed by atoms with Crippen LogP contribution < -0.4 is 5.32 Å². The molecular formula is C13H24N4. The molecule has 1 fully saturated rings. The number of nitrogens with one attached hydrogen (secondary N) is 1. The van der Waals surface area contributed by atoms with Gasteiger partial charge in [0.25, 0.3) is 0 Å². The van der Waals surface area contributed by atoms with Crippen LogP contribution in [0.5, 0.6) is 0 Å². The monoisotopic (exact) mass is 236 g/mol. The van der Waals surface area contributed by atoms with E-state index in [2.05, 4.69) is 15.6 Å². The first-order valence-corrected chi connectivity index (χ1v) is 7.00. The predicted octanol–water partition coefficient (Wildman–Crippen LogP) is 2.23. The second kappa shape index (κ2) is 7.43. The molecule has 0 aromatic carbocycles. The summed E-state index contributed by atoms with van der Waals surface area (Å²) in [6.07, 6.45) is 13.4. The first-order valence-electron chi connectivity index (χ1n) is 7.00. The summed E-state index contributed by atoms with van der Waals surface area (Å²) in [5.74, 6) is 0.920. The zero-order valence-corrected chi connectivity index (χ0v) is 10.6. The molecule has 1 aromatic rings. The van der Waals surface area contributed by atoms with E-state index in [0.717, 1.165) is 25.4 Å². The Bertz CT molecular complexity index is 276. The van der Waals surface area contributed by atoms with E-state index in [9.17, 15) is 0 Å². The molecule has 0 spiro atoms. The van der Waals surface area contributed by atoms with Crippen LogP contribution in [0.1, 0.15) is 44.9 Å². The van der Waals surface area contributed by atoms with Crippen molar-refractivity contribution in [3.05, 3.63) is 12.4 Å². The Kier molecular flexibility index (Phi) is 5.49. The standard InChI is InChI=1S/C13H24N4/c1-2-4-7-13(6-3-1)12-14-8-5-10-17-11-9-15-16-17/h9,11,13-14H,1-8,10,12H2. The van der Waals surface area contributed by atoms with Gasteiger partial charge >= 0.3 is 0 Å². The van der Waals surface area contributed by atoms with Gasteiger partial charge in [-0.1, -0.05) is 30.9 Å². The quantitative estimate of drug-likeness (QED) is 0.608. The van der Waals surface area contributed by atoms with Gasteiger partial charge in [-0.05, 0) is 38.3 Å². The van der Waals surface area contributed by atoms with Crippen molar-refractivity contribution >= 4 is 0 Å². The second-order valence-electron chi connectivity index (χ2n) is 5.08. The van der Waals surface area contributed by atoms with Crippen LogP contribution in [0.4, 0.5) is 0 Å². The zero-order chi connectivity index (χ0) is 11.8. The SMILES string of the molecule is c1cn(CCCNCC2CCCCCC2)nn1. The minimum atomic E-state index is 0.920. The van der Waals surface area contributed by atoms with Crippen molar-refractivity contribution in [2.75, 3.05) is 13.1 Å². The van der Waals surface area contributed by atoms with Crippen molar-refractivity contribution in [2.24, 2.45) is 5.92 Å². The van der Waals surface area contributed by atoms with Gasteiger partial charge in [0, 0.05) is 12.7 Å². The second-order valence-corrected chi connectivity index (χ2v) is 5.08. The summed E-state index contributed by atoms with van der Waals surface area (Å²) in [4.78, 5) is 0. The van der Waals surface area contributed by atoms with Gasteiger partial charge in [-0.3, -0.25) is 4.68 Å². The smallest absolute Gasteiger partial charge is 0.0692 e. The molecule has 0 unspecified atom stereocenters. The van der Waals surface area contributed by atoms with Crippen molar-refractivity contribution in [3.8, 4) is 0 Å². The van der Waals surface area contributed by atoms with Gasteiger partial charge < -0.3 is 5.32 Å². The van der Waals surface area contributed by atoms with Gasteiger partial charge in [-0.15, -0.1) is 5.10 Å². The van der Waals surface area contributed by atoms with E-state index in [0.29, 0.717) is 0 Å². The molecule has 4 heteroatoms. The first-order chi connectivity index (χ1) is 8.45. The third kappa shape index (κ3) is 4.86. The van der Waals surface area contributed by atoms with Crippen molar-refractivity contribution in [1.82, 2.24) is 20.3 Å². The molecule has 1 saturated carbocycles. The van der Waals surface area contributed by atoms with Crippen molar-refractivity contribution in [1.29, 1.82) is 0 Å². The summed E-state index contributed by atoms with van der Waals surface area (Å²) in [5, 5.41) is 11.3. The fourth-order valence-electron chi connectivity index (χ4n) is 2.59. The number of hydrogen-bond donors (Lipinski definition) is 1. The molecule has 96 valence electrons. The lowest BCUT2D eigenvalue weighted by Gasteiger charge is -2.14. The van der Waals surface area contributed by atoms with Crippen molar-refractivity contribution in [2.45, 2.75) is 51.5 Å². The molecule has 0 atom stereocenters. The Balaban J connectivity index is 1.50. The minimum Gasteiger partial charge on any atom is -0.316 e. The normalized spacial score (nSPS) is 18.1. The van der Waals surface area contributed by atoms with Gasteiger partial charge in [-0.25, -0.2) is 0 Å². The highest BCUT2D eigenvalue weighted by molar-refractivity contribution is 4.67. The summed E-state index contributed by atoms with van der Waals surface area (Å²) >= 11 is 0. The van der Waals surface area contributed by atoms with Gasteiger partial charge in [-0.2, -0.15) is 0 Å². The largest absolute Gasteiger partial charge is 0.316 e. The Morgan fingerprint density at radius 3 is 2.71 bits per heavy atom. The van der Waals surface area contributed by atoms with Crippen molar-refractivity contribution in [3.63, 3.8) is 0 Å². The van der Waals surface area contributed by atoms with Crippen LogP contribution in [0.15, 0.2) is 12.4 Å². The van der Waals surface area contributed by atoms with E-state index < -0.39 is 0 Å². The Labute approximate surface area is 104 Å². The topological polar surface area (TPSA) is 42.7 Å². The van der Waals surface area contributed by atoms with E-state index >= 15 is 0 Å². The molecule has 0 radical (unpaired) electrons. The summed E-state index contributed by atoms with van der Waals surface area (Å²) < 4.78 is 1.90. The maximum absolute atomic E-state index is 3.96. The third-order valence-corrected chi connectivity index (χ3v) is 3.62. The molecule has 0 bridgehead atoms. The lowest BCUT2D eigenvalue weighted by Crippen LogP contribution is -2.24. The third-order valence-electron chi connectivity index (χ3n) is 3.62. The molecule has 1 aromatic heterocycles. The lowest BCUT2D eigenvalue weighted by molar-refractivity contribution is 0.417.